The molecular weight excluding hydrogens is 194 g/mol. The third kappa shape index (κ3) is 2.68. The lowest BCUT2D eigenvalue weighted by molar-refractivity contribution is -0.384. The van der Waals surface area contributed by atoms with E-state index in [-0.39, 0.29) is 5.69 Å². The van der Waals surface area contributed by atoms with Crippen molar-refractivity contribution in [3.63, 3.8) is 0 Å². The normalized spacial score (nSPS) is 10.5. The molecule has 0 amide bonds. The van der Waals surface area contributed by atoms with Gasteiger partial charge in [-0.15, -0.1) is 6.42 Å². The lowest BCUT2D eigenvalue weighted by Crippen LogP contribution is -2.28. The van der Waals surface area contributed by atoms with Gasteiger partial charge in [0.05, 0.1) is 10.5 Å². The Kier molecular flexibility index (Phi) is 2.90. The van der Waals surface area contributed by atoms with Gasteiger partial charge in [-0.2, -0.15) is 0 Å². The van der Waals surface area contributed by atoms with Crippen molar-refractivity contribution in [1.82, 2.24) is 4.98 Å². The Labute approximate surface area is 87.7 Å². The van der Waals surface area contributed by atoms with E-state index in [1.165, 1.54) is 18.5 Å². The van der Waals surface area contributed by atoms with E-state index in [0.717, 1.165) is 0 Å². The van der Waals surface area contributed by atoms with Gasteiger partial charge in [-0.1, -0.05) is 5.92 Å². The average Bonchev–Trinajstić information content (AvgIpc) is 2.18. The fourth-order valence-electron chi connectivity index (χ4n) is 1.01. The third-order valence-electron chi connectivity index (χ3n) is 1.80. The van der Waals surface area contributed by atoms with Crippen molar-refractivity contribution < 1.29 is 4.92 Å². The molecule has 0 aliphatic carbocycles. The van der Waals surface area contributed by atoms with Crippen molar-refractivity contribution in [2.75, 3.05) is 5.32 Å². The minimum Gasteiger partial charge on any atom is -0.364 e. The number of nitro groups is 1. The van der Waals surface area contributed by atoms with Gasteiger partial charge >= 0.3 is 5.69 Å². The molecule has 1 rings (SSSR count). The van der Waals surface area contributed by atoms with Gasteiger partial charge in [-0.3, -0.25) is 15.1 Å². The van der Waals surface area contributed by atoms with E-state index >= 15 is 0 Å². The second kappa shape index (κ2) is 3.96. The van der Waals surface area contributed by atoms with Crippen LogP contribution in [-0.4, -0.2) is 15.4 Å². The number of hydrogen-bond acceptors (Lipinski definition) is 4. The second-order valence-corrected chi connectivity index (χ2v) is 3.54. The second-order valence-electron chi connectivity index (χ2n) is 3.54. The first-order chi connectivity index (χ1) is 6.96. The zero-order valence-corrected chi connectivity index (χ0v) is 8.52. The molecule has 0 fully saturated rings. The van der Waals surface area contributed by atoms with E-state index in [2.05, 4.69) is 16.2 Å². The highest BCUT2D eigenvalue weighted by molar-refractivity contribution is 5.61. The first kappa shape index (κ1) is 11.0. The summed E-state index contributed by atoms with van der Waals surface area (Å²) < 4.78 is 0. The highest BCUT2D eigenvalue weighted by Crippen LogP contribution is 2.24. The molecule has 1 N–H and O–H groups in total. The molecular formula is C10H11N3O2. The molecule has 5 heteroatoms. The minimum atomic E-state index is -0.633. The topological polar surface area (TPSA) is 68.1 Å². The predicted molar refractivity (Wildman–Crippen MR) is 57.4 cm³/mol. The molecule has 0 radical (unpaired) electrons. The Morgan fingerprint density at radius 1 is 1.67 bits per heavy atom. The van der Waals surface area contributed by atoms with Crippen LogP contribution in [0.1, 0.15) is 13.8 Å². The molecule has 15 heavy (non-hydrogen) atoms. The van der Waals surface area contributed by atoms with Crippen LogP contribution in [0.2, 0.25) is 0 Å². The highest BCUT2D eigenvalue weighted by atomic mass is 16.6. The van der Waals surface area contributed by atoms with E-state index in [4.69, 9.17) is 6.42 Å². The number of terminal acetylenes is 1. The van der Waals surface area contributed by atoms with Crippen LogP contribution in [0.15, 0.2) is 18.5 Å². The van der Waals surface area contributed by atoms with Gasteiger partial charge in [0.15, 0.2) is 0 Å². The predicted octanol–water partition coefficient (Wildman–Crippen LogP) is 1.81. The number of pyridine rings is 1. The van der Waals surface area contributed by atoms with Gasteiger partial charge < -0.3 is 5.32 Å². The standard InChI is InChI=1S/C10H11N3O2/c1-4-10(2,3)12-8-5-6-11-7-9(8)13(14)15/h1,5-7H,2-3H3,(H,11,12). The number of aromatic nitrogens is 1. The molecule has 0 bridgehead atoms. The average molecular weight is 205 g/mol. The van der Waals surface area contributed by atoms with Crippen LogP contribution in [-0.2, 0) is 0 Å². The SMILES string of the molecule is C#CC(C)(C)Nc1ccncc1[N+](=O)[O-]. The number of rotatable bonds is 3. The number of nitrogens with one attached hydrogen (secondary N) is 1. The van der Waals surface area contributed by atoms with Crippen LogP contribution < -0.4 is 5.32 Å². The quantitative estimate of drug-likeness (QED) is 0.464. The van der Waals surface area contributed by atoms with E-state index in [1.807, 2.05) is 0 Å². The van der Waals surface area contributed by atoms with Gasteiger partial charge in [0, 0.05) is 6.20 Å². The van der Waals surface area contributed by atoms with Crippen LogP contribution in [0.4, 0.5) is 11.4 Å². The Bertz CT molecular complexity index is 421. The highest BCUT2D eigenvalue weighted by Gasteiger charge is 2.20. The molecule has 0 aliphatic rings. The van der Waals surface area contributed by atoms with Crippen LogP contribution in [0.3, 0.4) is 0 Å². The van der Waals surface area contributed by atoms with Gasteiger partial charge in [0.25, 0.3) is 0 Å². The zero-order chi connectivity index (χ0) is 11.5. The summed E-state index contributed by atoms with van der Waals surface area (Å²) in [6.07, 6.45) is 7.95. The smallest absolute Gasteiger partial charge is 0.310 e. The van der Waals surface area contributed by atoms with Crippen molar-refractivity contribution in [2.24, 2.45) is 0 Å². The number of hydrogen-bond donors (Lipinski definition) is 1. The summed E-state index contributed by atoms with van der Waals surface area (Å²) in [6, 6.07) is 1.53. The Balaban J connectivity index is 3.06. The van der Waals surface area contributed by atoms with E-state index < -0.39 is 10.5 Å². The minimum absolute atomic E-state index is 0.0826. The van der Waals surface area contributed by atoms with Crippen LogP contribution in [0.5, 0.6) is 0 Å². The molecule has 0 aromatic carbocycles. The molecule has 78 valence electrons. The fraction of sp³-hybridized carbons (Fsp3) is 0.300. The first-order valence-corrected chi connectivity index (χ1v) is 4.30. The molecule has 5 nitrogen and oxygen atoms in total. The summed E-state index contributed by atoms with van der Waals surface area (Å²) >= 11 is 0. The largest absolute Gasteiger partial charge is 0.364 e. The van der Waals surface area contributed by atoms with Crippen molar-refractivity contribution >= 4 is 11.4 Å². The Morgan fingerprint density at radius 3 is 2.87 bits per heavy atom. The number of anilines is 1. The molecule has 0 saturated heterocycles. The van der Waals surface area contributed by atoms with Crippen LogP contribution in [0.25, 0.3) is 0 Å². The van der Waals surface area contributed by atoms with Crippen molar-refractivity contribution in [1.29, 1.82) is 0 Å². The molecule has 0 spiro atoms. The van der Waals surface area contributed by atoms with Crippen molar-refractivity contribution in [2.45, 2.75) is 19.4 Å². The summed E-state index contributed by atoms with van der Waals surface area (Å²) in [7, 11) is 0. The zero-order valence-electron chi connectivity index (χ0n) is 8.52. The molecule has 0 atom stereocenters. The van der Waals surface area contributed by atoms with Crippen LogP contribution in [0, 0.1) is 22.5 Å². The van der Waals surface area contributed by atoms with Gasteiger partial charge in [-0.25, -0.2) is 0 Å². The van der Waals surface area contributed by atoms with Gasteiger partial charge in [-0.05, 0) is 19.9 Å². The molecule has 0 unspecified atom stereocenters. The van der Waals surface area contributed by atoms with Crippen LogP contribution >= 0.6 is 0 Å². The Morgan fingerprint density at radius 2 is 2.33 bits per heavy atom. The molecule has 1 aromatic heterocycles. The summed E-state index contributed by atoms with van der Waals surface area (Å²) in [5.41, 5.74) is -0.342. The monoisotopic (exact) mass is 205 g/mol. The first-order valence-electron chi connectivity index (χ1n) is 4.30. The maximum Gasteiger partial charge on any atom is 0.310 e. The fourth-order valence-corrected chi connectivity index (χ4v) is 1.01. The third-order valence-corrected chi connectivity index (χ3v) is 1.80. The summed E-state index contributed by atoms with van der Waals surface area (Å²) in [5.74, 6) is 2.50. The van der Waals surface area contributed by atoms with E-state index in [0.29, 0.717) is 5.69 Å². The molecule has 0 aliphatic heterocycles. The lowest BCUT2D eigenvalue weighted by atomic mass is 10.1. The number of nitrogens with zero attached hydrogens (tertiary/aromatic N) is 2. The maximum absolute atomic E-state index is 10.7. The lowest BCUT2D eigenvalue weighted by Gasteiger charge is -2.20. The van der Waals surface area contributed by atoms with Crippen molar-refractivity contribution in [3.05, 3.63) is 28.6 Å². The molecule has 0 saturated carbocycles. The summed E-state index contributed by atoms with van der Waals surface area (Å²) in [4.78, 5) is 13.9. The molecule has 1 heterocycles. The van der Waals surface area contributed by atoms with Gasteiger partial charge in [0.2, 0.25) is 0 Å². The van der Waals surface area contributed by atoms with Gasteiger partial charge in [0.1, 0.15) is 11.9 Å². The molecule has 1 aromatic rings. The summed E-state index contributed by atoms with van der Waals surface area (Å²) in [5, 5.41) is 13.6. The summed E-state index contributed by atoms with van der Waals surface area (Å²) in [6.45, 7) is 3.52. The van der Waals surface area contributed by atoms with E-state index in [9.17, 15) is 10.1 Å². The maximum atomic E-state index is 10.7. The van der Waals surface area contributed by atoms with E-state index in [1.54, 1.807) is 13.8 Å². The Hall–Kier alpha value is -2.09. The van der Waals surface area contributed by atoms with Crippen molar-refractivity contribution in [3.8, 4) is 12.3 Å².